The topological polar surface area (TPSA) is 88.3 Å². The van der Waals surface area contributed by atoms with Crippen molar-refractivity contribution < 1.29 is 9.59 Å². The second-order valence-electron chi connectivity index (χ2n) is 5.08. The molecule has 6 nitrogen and oxygen atoms in total. The summed E-state index contributed by atoms with van der Waals surface area (Å²) in [6, 6.07) is 5.61. The normalized spacial score (nSPS) is 19.5. The molecule has 0 unspecified atom stereocenters. The number of aromatic nitrogens is 1. The number of nitrogens with one attached hydrogen (secondary N) is 1. The highest BCUT2D eigenvalue weighted by Gasteiger charge is 2.26. The summed E-state index contributed by atoms with van der Waals surface area (Å²) in [5.74, 6) is -0.406. The van der Waals surface area contributed by atoms with Crippen LogP contribution in [0.1, 0.15) is 18.5 Å². The maximum absolute atomic E-state index is 12.1. The number of nitrogens with two attached hydrogens (primary N) is 1. The number of amides is 2. The Balaban J connectivity index is 1.81. The molecule has 0 spiro atoms. The largest absolute Gasteiger partial charge is 0.369 e. The first-order valence-electron chi connectivity index (χ1n) is 6.83. The van der Waals surface area contributed by atoms with E-state index >= 15 is 0 Å². The molecule has 2 heterocycles. The molecule has 20 heavy (non-hydrogen) atoms. The third kappa shape index (κ3) is 4.31. The van der Waals surface area contributed by atoms with E-state index in [1.54, 1.807) is 6.20 Å². The molecule has 1 aromatic rings. The lowest BCUT2D eigenvalue weighted by Crippen LogP contribution is -2.45. The van der Waals surface area contributed by atoms with Gasteiger partial charge in [-0.15, -0.1) is 0 Å². The fourth-order valence-electron chi connectivity index (χ4n) is 2.46. The fraction of sp³-hybridized carbons (Fsp3) is 0.500. The van der Waals surface area contributed by atoms with Gasteiger partial charge in [-0.05, 0) is 31.5 Å². The van der Waals surface area contributed by atoms with Crippen molar-refractivity contribution in [1.82, 2.24) is 15.2 Å². The van der Waals surface area contributed by atoms with Gasteiger partial charge in [-0.3, -0.25) is 19.5 Å². The van der Waals surface area contributed by atoms with Crippen molar-refractivity contribution >= 4 is 11.8 Å². The fourth-order valence-corrected chi connectivity index (χ4v) is 2.46. The van der Waals surface area contributed by atoms with Crippen LogP contribution in [0.3, 0.4) is 0 Å². The lowest BCUT2D eigenvalue weighted by atomic mass is 9.97. The smallest absolute Gasteiger partial charge is 0.231 e. The third-order valence-corrected chi connectivity index (χ3v) is 3.43. The van der Waals surface area contributed by atoms with Crippen LogP contribution in [0.25, 0.3) is 0 Å². The van der Waals surface area contributed by atoms with Gasteiger partial charge in [-0.25, -0.2) is 0 Å². The minimum atomic E-state index is -0.348. The van der Waals surface area contributed by atoms with Gasteiger partial charge in [0.25, 0.3) is 0 Å². The van der Waals surface area contributed by atoms with Gasteiger partial charge in [0.1, 0.15) is 0 Å². The Morgan fingerprint density at radius 3 is 3.00 bits per heavy atom. The van der Waals surface area contributed by atoms with E-state index in [-0.39, 0.29) is 24.3 Å². The van der Waals surface area contributed by atoms with Crippen LogP contribution in [0.5, 0.6) is 0 Å². The number of carbonyl (C=O) groups excluding carboxylic acids is 2. The highest BCUT2D eigenvalue weighted by atomic mass is 16.2. The molecule has 1 fully saturated rings. The summed E-state index contributed by atoms with van der Waals surface area (Å²) in [6.07, 6.45) is 3.47. The van der Waals surface area contributed by atoms with Crippen LogP contribution in [0.15, 0.2) is 24.4 Å². The molecule has 1 aromatic heterocycles. The predicted octanol–water partition coefficient (Wildman–Crippen LogP) is -0.105. The summed E-state index contributed by atoms with van der Waals surface area (Å²) >= 11 is 0. The molecule has 1 atom stereocenters. The number of primary amides is 1. The highest BCUT2D eigenvalue weighted by molar-refractivity contribution is 5.79. The molecule has 3 N–H and O–H groups in total. The van der Waals surface area contributed by atoms with Gasteiger partial charge >= 0.3 is 0 Å². The van der Waals surface area contributed by atoms with Crippen LogP contribution < -0.4 is 11.1 Å². The number of rotatable bonds is 5. The molecule has 1 aliphatic heterocycles. The Kier molecular flexibility index (Phi) is 5.06. The van der Waals surface area contributed by atoms with Crippen LogP contribution in [-0.2, 0) is 16.1 Å². The Labute approximate surface area is 118 Å². The van der Waals surface area contributed by atoms with E-state index < -0.39 is 0 Å². The second kappa shape index (κ2) is 7.00. The van der Waals surface area contributed by atoms with E-state index in [0.29, 0.717) is 13.1 Å². The van der Waals surface area contributed by atoms with Crippen LogP contribution in [0.4, 0.5) is 0 Å². The van der Waals surface area contributed by atoms with Crippen molar-refractivity contribution in [1.29, 1.82) is 0 Å². The number of pyridine rings is 1. The average molecular weight is 276 g/mol. The van der Waals surface area contributed by atoms with Crippen molar-refractivity contribution in [2.75, 3.05) is 19.6 Å². The lowest BCUT2D eigenvalue weighted by molar-refractivity contribution is -0.128. The molecule has 0 aliphatic carbocycles. The predicted molar refractivity (Wildman–Crippen MR) is 74.4 cm³/mol. The van der Waals surface area contributed by atoms with Gasteiger partial charge in [0.15, 0.2) is 0 Å². The van der Waals surface area contributed by atoms with Crippen LogP contribution in [0.2, 0.25) is 0 Å². The van der Waals surface area contributed by atoms with E-state index in [0.717, 1.165) is 25.1 Å². The van der Waals surface area contributed by atoms with Crippen molar-refractivity contribution in [3.63, 3.8) is 0 Å². The Morgan fingerprint density at radius 2 is 2.30 bits per heavy atom. The maximum Gasteiger partial charge on any atom is 0.231 e. The number of hydrogen-bond acceptors (Lipinski definition) is 4. The quantitative estimate of drug-likeness (QED) is 0.785. The Bertz CT molecular complexity index is 464. The summed E-state index contributed by atoms with van der Waals surface area (Å²) in [6.45, 7) is 2.08. The molecular formula is C14H20N4O2. The van der Waals surface area contributed by atoms with Gasteiger partial charge in [0.2, 0.25) is 11.8 Å². The number of carbonyl (C=O) groups is 2. The monoisotopic (exact) mass is 276 g/mol. The number of hydrogen-bond donors (Lipinski definition) is 2. The van der Waals surface area contributed by atoms with Crippen molar-refractivity contribution in [3.8, 4) is 0 Å². The zero-order chi connectivity index (χ0) is 14.4. The zero-order valence-electron chi connectivity index (χ0n) is 11.4. The van der Waals surface area contributed by atoms with E-state index in [2.05, 4.69) is 10.3 Å². The Morgan fingerprint density at radius 1 is 1.45 bits per heavy atom. The SMILES string of the molecule is NC(=O)CN1CCC[C@@H](C(=O)NCc2ccccn2)C1. The average Bonchev–Trinajstić information content (AvgIpc) is 2.45. The summed E-state index contributed by atoms with van der Waals surface area (Å²) in [7, 11) is 0. The third-order valence-electron chi connectivity index (χ3n) is 3.43. The van der Waals surface area contributed by atoms with E-state index in [1.165, 1.54) is 0 Å². The van der Waals surface area contributed by atoms with Gasteiger partial charge < -0.3 is 11.1 Å². The standard InChI is InChI=1S/C14H20N4O2/c15-13(19)10-18-7-3-4-11(9-18)14(20)17-8-12-5-1-2-6-16-12/h1-2,5-6,11H,3-4,7-10H2,(H2,15,19)(H,17,20)/t11-/m1/s1. The molecule has 1 saturated heterocycles. The summed E-state index contributed by atoms with van der Waals surface area (Å²) in [5, 5.41) is 2.90. The maximum atomic E-state index is 12.1. The summed E-state index contributed by atoms with van der Waals surface area (Å²) in [4.78, 5) is 29.2. The molecule has 6 heteroatoms. The summed E-state index contributed by atoms with van der Waals surface area (Å²) in [5.41, 5.74) is 6.03. The summed E-state index contributed by atoms with van der Waals surface area (Å²) < 4.78 is 0. The van der Waals surface area contributed by atoms with Gasteiger partial charge in [0, 0.05) is 12.7 Å². The van der Waals surface area contributed by atoms with Gasteiger partial charge in [-0.1, -0.05) is 6.07 Å². The van der Waals surface area contributed by atoms with E-state index in [1.807, 2.05) is 23.1 Å². The number of likely N-dealkylation sites (tertiary alicyclic amines) is 1. The van der Waals surface area contributed by atoms with Crippen molar-refractivity contribution in [3.05, 3.63) is 30.1 Å². The zero-order valence-corrected chi connectivity index (χ0v) is 11.4. The molecule has 0 saturated carbocycles. The first-order chi connectivity index (χ1) is 9.65. The van der Waals surface area contributed by atoms with E-state index in [4.69, 9.17) is 5.73 Å². The molecule has 1 aliphatic rings. The number of nitrogens with zero attached hydrogens (tertiary/aromatic N) is 2. The number of piperidine rings is 1. The highest BCUT2D eigenvalue weighted by Crippen LogP contribution is 2.16. The molecule has 2 amide bonds. The molecule has 0 radical (unpaired) electrons. The van der Waals surface area contributed by atoms with Crippen LogP contribution in [-0.4, -0.2) is 41.3 Å². The first kappa shape index (κ1) is 14.5. The molecule has 0 bridgehead atoms. The van der Waals surface area contributed by atoms with Crippen molar-refractivity contribution in [2.24, 2.45) is 11.7 Å². The molecule has 108 valence electrons. The lowest BCUT2D eigenvalue weighted by Gasteiger charge is -2.30. The van der Waals surface area contributed by atoms with Crippen molar-refractivity contribution in [2.45, 2.75) is 19.4 Å². The minimum Gasteiger partial charge on any atom is -0.369 e. The van der Waals surface area contributed by atoms with Crippen LogP contribution in [0, 0.1) is 5.92 Å². The van der Waals surface area contributed by atoms with Gasteiger partial charge in [0.05, 0.1) is 24.7 Å². The second-order valence-corrected chi connectivity index (χ2v) is 5.08. The van der Waals surface area contributed by atoms with Gasteiger partial charge in [-0.2, -0.15) is 0 Å². The first-order valence-corrected chi connectivity index (χ1v) is 6.83. The van der Waals surface area contributed by atoms with E-state index in [9.17, 15) is 9.59 Å². The molecule has 2 rings (SSSR count). The minimum absolute atomic E-state index is 0.0184. The van der Waals surface area contributed by atoms with Crippen LogP contribution >= 0.6 is 0 Å². The molecular weight excluding hydrogens is 256 g/mol. The molecule has 0 aromatic carbocycles. The Hall–Kier alpha value is -1.95.